The molecule has 1 aliphatic rings. The van der Waals surface area contributed by atoms with Crippen molar-refractivity contribution in [1.29, 1.82) is 0 Å². The number of carbonyl (C=O) groups is 3. The molecule has 0 heterocycles. The number of alkyl halides is 2. The van der Waals surface area contributed by atoms with Crippen molar-refractivity contribution in [1.82, 2.24) is 10.6 Å². The lowest BCUT2D eigenvalue weighted by Crippen LogP contribution is -2.48. The van der Waals surface area contributed by atoms with Gasteiger partial charge in [0.1, 0.15) is 5.75 Å². The maximum absolute atomic E-state index is 12.1. The fraction of sp³-hybridized carbons (Fsp3) is 0.500. The van der Waals surface area contributed by atoms with Crippen LogP contribution in [0.15, 0.2) is 24.3 Å². The Hall–Kier alpha value is -2.71. The summed E-state index contributed by atoms with van der Waals surface area (Å²) in [7, 11) is 0. The molecule has 0 aliphatic heterocycles. The molecule has 0 spiro atoms. The highest BCUT2D eigenvalue weighted by Gasteiger charge is 2.22. The van der Waals surface area contributed by atoms with Gasteiger partial charge in [-0.15, -0.1) is 0 Å². The minimum absolute atomic E-state index is 0.0402. The number of imide groups is 1. The normalized spacial score (nSPS) is 15.7. The highest BCUT2D eigenvalue weighted by Crippen LogP contribution is 2.17. The number of nitrogens with one attached hydrogen (secondary N) is 2. The molecule has 1 aromatic rings. The van der Waals surface area contributed by atoms with Gasteiger partial charge in [0, 0.05) is 6.04 Å². The highest BCUT2D eigenvalue weighted by atomic mass is 19.3. The van der Waals surface area contributed by atoms with Crippen LogP contribution in [0.5, 0.6) is 5.75 Å². The van der Waals surface area contributed by atoms with Crippen molar-refractivity contribution in [2.75, 3.05) is 0 Å². The Morgan fingerprint density at radius 3 is 2.30 bits per heavy atom. The third-order valence-corrected chi connectivity index (χ3v) is 4.15. The van der Waals surface area contributed by atoms with Crippen LogP contribution >= 0.6 is 0 Å². The number of esters is 1. The number of urea groups is 1. The molecule has 0 aromatic heterocycles. The first-order chi connectivity index (χ1) is 12.8. The molecular formula is C18H22F2N2O5. The molecule has 7 nitrogen and oxygen atoms in total. The molecule has 0 bridgehead atoms. The lowest BCUT2D eigenvalue weighted by molar-refractivity contribution is -0.127. The van der Waals surface area contributed by atoms with E-state index in [1.54, 1.807) is 0 Å². The summed E-state index contributed by atoms with van der Waals surface area (Å²) < 4.78 is 33.4. The molecule has 1 aromatic carbocycles. The number of rotatable bonds is 6. The van der Waals surface area contributed by atoms with Gasteiger partial charge in [-0.2, -0.15) is 8.78 Å². The minimum atomic E-state index is -2.97. The van der Waals surface area contributed by atoms with Crippen LogP contribution in [0, 0.1) is 0 Å². The van der Waals surface area contributed by atoms with Gasteiger partial charge >= 0.3 is 18.6 Å². The average molecular weight is 384 g/mol. The Balaban J connectivity index is 1.80. The monoisotopic (exact) mass is 384 g/mol. The third-order valence-electron chi connectivity index (χ3n) is 4.15. The maximum atomic E-state index is 12.1. The number of halogens is 2. The third kappa shape index (κ3) is 6.84. The molecule has 1 aliphatic carbocycles. The van der Waals surface area contributed by atoms with Gasteiger partial charge in [-0.25, -0.2) is 9.59 Å². The van der Waals surface area contributed by atoms with E-state index in [9.17, 15) is 23.2 Å². The largest absolute Gasteiger partial charge is 0.449 e. The van der Waals surface area contributed by atoms with Crippen LogP contribution in [0.1, 0.15) is 49.4 Å². The van der Waals surface area contributed by atoms with Gasteiger partial charge in [0.25, 0.3) is 5.91 Å². The number of ether oxygens (including phenoxy) is 2. The van der Waals surface area contributed by atoms with Gasteiger partial charge in [0.05, 0.1) is 5.56 Å². The number of carbonyl (C=O) groups excluding carboxylic acids is 3. The summed E-state index contributed by atoms with van der Waals surface area (Å²) >= 11 is 0. The van der Waals surface area contributed by atoms with Crippen molar-refractivity contribution in [2.45, 2.75) is 57.8 Å². The topological polar surface area (TPSA) is 93.7 Å². The van der Waals surface area contributed by atoms with Gasteiger partial charge in [0.15, 0.2) is 6.10 Å². The second-order valence-corrected chi connectivity index (χ2v) is 6.25. The van der Waals surface area contributed by atoms with Crippen LogP contribution in [0.2, 0.25) is 0 Å². The molecule has 148 valence electrons. The van der Waals surface area contributed by atoms with Crippen LogP contribution in [0.25, 0.3) is 0 Å². The maximum Gasteiger partial charge on any atom is 0.387 e. The predicted molar refractivity (Wildman–Crippen MR) is 91.5 cm³/mol. The first-order valence-electron chi connectivity index (χ1n) is 8.72. The van der Waals surface area contributed by atoms with E-state index in [2.05, 4.69) is 15.4 Å². The van der Waals surface area contributed by atoms with E-state index in [-0.39, 0.29) is 17.4 Å². The minimum Gasteiger partial charge on any atom is -0.449 e. The van der Waals surface area contributed by atoms with Gasteiger partial charge in [0.2, 0.25) is 0 Å². The van der Waals surface area contributed by atoms with E-state index in [1.165, 1.54) is 31.2 Å². The summed E-state index contributed by atoms with van der Waals surface area (Å²) in [6.07, 6.45) is 3.75. The number of hydrogen-bond acceptors (Lipinski definition) is 5. The van der Waals surface area contributed by atoms with Crippen molar-refractivity contribution < 1.29 is 32.6 Å². The predicted octanol–water partition coefficient (Wildman–Crippen LogP) is 2.99. The lowest BCUT2D eigenvalue weighted by Gasteiger charge is -2.23. The van der Waals surface area contributed by atoms with Crippen molar-refractivity contribution in [3.63, 3.8) is 0 Å². The summed E-state index contributed by atoms with van der Waals surface area (Å²) in [5.41, 5.74) is 0.0583. The van der Waals surface area contributed by atoms with E-state index >= 15 is 0 Å². The molecule has 1 fully saturated rings. The summed E-state index contributed by atoms with van der Waals surface area (Å²) in [5.74, 6) is -1.69. The van der Waals surface area contributed by atoms with Crippen LogP contribution < -0.4 is 15.4 Å². The summed E-state index contributed by atoms with van der Waals surface area (Å²) in [4.78, 5) is 35.8. The number of hydrogen-bond donors (Lipinski definition) is 2. The fourth-order valence-corrected chi connectivity index (χ4v) is 2.74. The fourth-order valence-electron chi connectivity index (χ4n) is 2.74. The second kappa shape index (κ2) is 9.84. The van der Waals surface area contributed by atoms with Crippen LogP contribution in [-0.2, 0) is 9.53 Å². The quantitative estimate of drug-likeness (QED) is 0.736. The van der Waals surface area contributed by atoms with E-state index in [0.717, 1.165) is 32.1 Å². The summed E-state index contributed by atoms with van der Waals surface area (Å²) in [6, 6.07) is 4.26. The van der Waals surface area contributed by atoms with E-state index in [1.807, 2.05) is 0 Å². The first kappa shape index (κ1) is 20.6. The van der Waals surface area contributed by atoms with Crippen molar-refractivity contribution in [3.05, 3.63) is 29.8 Å². The Labute approximate surface area is 155 Å². The number of amides is 3. The molecule has 9 heteroatoms. The zero-order valence-corrected chi connectivity index (χ0v) is 14.9. The van der Waals surface area contributed by atoms with Crippen molar-refractivity contribution in [3.8, 4) is 5.75 Å². The molecule has 3 amide bonds. The molecule has 2 N–H and O–H groups in total. The molecule has 2 rings (SSSR count). The molecule has 27 heavy (non-hydrogen) atoms. The molecule has 1 saturated carbocycles. The van der Waals surface area contributed by atoms with Gasteiger partial charge < -0.3 is 14.8 Å². The standard InChI is InChI=1S/C18H22F2N2O5/c1-11(15(23)22-18(25)21-13-5-3-2-4-6-13)26-16(24)12-7-9-14(10-8-12)27-17(19)20/h7-11,13,17H,2-6H2,1H3,(H2,21,22,23,25)/t11-/m1/s1. The van der Waals surface area contributed by atoms with E-state index < -0.39 is 30.6 Å². The zero-order chi connectivity index (χ0) is 19.8. The summed E-state index contributed by atoms with van der Waals surface area (Å²) in [5, 5.41) is 4.87. The van der Waals surface area contributed by atoms with Crippen molar-refractivity contribution in [2.24, 2.45) is 0 Å². The van der Waals surface area contributed by atoms with Crippen LogP contribution in [0.3, 0.4) is 0 Å². The first-order valence-corrected chi connectivity index (χ1v) is 8.72. The van der Waals surface area contributed by atoms with Gasteiger partial charge in [-0.05, 0) is 44.0 Å². The van der Waals surface area contributed by atoms with Gasteiger partial charge in [-0.3, -0.25) is 10.1 Å². The molecule has 0 saturated heterocycles. The molecular weight excluding hydrogens is 362 g/mol. The SMILES string of the molecule is C[C@@H](OC(=O)c1ccc(OC(F)F)cc1)C(=O)NC(=O)NC1CCCCC1. The summed E-state index contributed by atoms with van der Waals surface area (Å²) in [6.45, 7) is -1.64. The molecule has 0 radical (unpaired) electrons. The Morgan fingerprint density at radius 1 is 1.07 bits per heavy atom. The van der Waals surface area contributed by atoms with Crippen LogP contribution in [0.4, 0.5) is 13.6 Å². The average Bonchev–Trinajstić information content (AvgIpc) is 2.62. The van der Waals surface area contributed by atoms with E-state index in [4.69, 9.17) is 4.74 Å². The van der Waals surface area contributed by atoms with Gasteiger partial charge in [-0.1, -0.05) is 19.3 Å². The second-order valence-electron chi connectivity index (χ2n) is 6.25. The lowest BCUT2D eigenvalue weighted by atomic mass is 9.96. The number of benzene rings is 1. The Morgan fingerprint density at radius 2 is 1.70 bits per heavy atom. The van der Waals surface area contributed by atoms with E-state index in [0.29, 0.717) is 0 Å². The zero-order valence-electron chi connectivity index (χ0n) is 14.9. The molecule has 0 unspecified atom stereocenters. The van der Waals surface area contributed by atoms with Crippen molar-refractivity contribution >= 4 is 17.9 Å². The highest BCUT2D eigenvalue weighted by molar-refractivity contribution is 5.98. The Bertz CT molecular complexity index is 660. The van der Waals surface area contributed by atoms with Crippen LogP contribution in [-0.4, -0.2) is 36.7 Å². The molecule has 1 atom stereocenters. The smallest absolute Gasteiger partial charge is 0.387 e. The Kier molecular flexibility index (Phi) is 7.51.